The summed E-state index contributed by atoms with van der Waals surface area (Å²) in [7, 11) is 0. The third-order valence-corrected chi connectivity index (χ3v) is 4.74. The first-order valence-corrected chi connectivity index (χ1v) is 7.99. The van der Waals surface area contributed by atoms with Crippen molar-refractivity contribution >= 4 is 11.9 Å². The summed E-state index contributed by atoms with van der Waals surface area (Å²) in [5, 5.41) is 0. The van der Waals surface area contributed by atoms with E-state index in [9.17, 15) is 9.59 Å². The van der Waals surface area contributed by atoms with Gasteiger partial charge in [-0.3, -0.25) is 4.79 Å². The third kappa shape index (κ3) is 3.44. The summed E-state index contributed by atoms with van der Waals surface area (Å²) in [6.07, 6.45) is 8.12. The topological polar surface area (TPSA) is 66.6 Å². The van der Waals surface area contributed by atoms with Gasteiger partial charge in [-0.25, -0.2) is 4.79 Å². The fourth-order valence-corrected chi connectivity index (χ4v) is 3.63. The zero-order valence-corrected chi connectivity index (χ0v) is 12.5. The van der Waals surface area contributed by atoms with Crippen LogP contribution in [-0.2, 0) is 4.79 Å². The minimum absolute atomic E-state index is 0.215. The average Bonchev–Trinajstić information content (AvgIpc) is 2.48. The van der Waals surface area contributed by atoms with E-state index in [4.69, 9.17) is 5.73 Å². The molecule has 1 aliphatic heterocycles. The highest BCUT2D eigenvalue weighted by molar-refractivity contribution is 5.76. The lowest BCUT2D eigenvalue weighted by atomic mass is 9.91. The van der Waals surface area contributed by atoms with Gasteiger partial charge >= 0.3 is 6.03 Å². The zero-order valence-electron chi connectivity index (χ0n) is 12.5. The Morgan fingerprint density at radius 1 is 1.05 bits per heavy atom. The quantitative estimate of drug-likeness (QED) is 0.861. The van der Waals surface area contributed by atoms with Crippen LogP contribution >= 0.6 is 0 Å². The van der Waals surface area contributed by atoms with Crippen LogP contribution in [-0.4, -0.2) is 46.9 Å². The molecule has 0 aromatic carbocycles. The van der Waals surface area contributed by atoms with Gasteiger partial charge in [0.2, 0.25) is 5.91 Å². The van der Waals surface area contributed by atoms with Gasteiger partial charge in [-0.05, 0) is 25.7 Å². The highest BCUT2D eigenvalue weighted by Gasteiger charge is 2.33. The van der Waals surface area contributed by atoms with Crippen molar-refractivity contribution in [1.29, 1.82) is 0 Å². The van der Waals surface area contributed by atoms with Crippen molar-refractivity contribution in [3.63, 3.8) is 0 Å². The van der Waals surface area contributed by atoms with Crippen LogP contribution in [0.2, 0.25) is 0 Å². The highest BCUT2D eigenvalue weighted by Crippen LogP contribution is 2.27. The SMILES string of the molecule is CCC(=O)N1CCC(N(C(N)=O)C2CCCCC2)CC1. The molecule has 1 aliphatic carbocycles. The Morgan fingerprint density at radius 3 is 2.10 bits per heavy atom. The van der Waals surface area contributed by atoms with Crippen LogP contribution in [0.5, 0.6) is 0 Å². The molecule has 0 aromatic heterocycles. The molecule has 20 heavy (non-hydrogen) atoms. The summed E-state index contributed by atoms with van der Waals surface area (Å²) in [6.45, 7) is 3.41. The Hall–Kier alpha value is -1.26. The number of nitrogens with zero attached hydrogens (tertiary/aromatic N) is 2. The molecule has 2 N–H and O–H groups in total. The Balaban J connectivity index is 1.94. The number of primary amides is 1. The van der Waals surface area contributed by atoms with Gasteiger partial charge in [0, 0.05) is 31.6 Å². The first-order chi connectivity index (χ1) is 9.63. The predicted molar refractivity (Wildman–Crippen MR) is 78.2 cm³/mol. The second kappa shape index (κ2) is 6.95. The van der Waals surface area contributed by atoms with E-state index in [2.05, 4.69) is 0 Å². The number of nitrogens with two attached hydrogens (primary N) is 1. The van der Waals surface area contributed by atoms with Crippen LogP contribution in [0.25, 0.3) is 0 Å². The lowest BCUT2D eigenvalue weighted by Crippen LogP contribution is -2.54. The molecule has 0 spiro atoms. The summed E-state index contributed by atoms with van der Waals surface area (Å²) >= 11 is 0. The molecule has 5 heteroatoms. The maximum atomic E-state index is 11.8. The number of likely N-dealkylation sites (tertiary alicyclic amines) is 1. The Kier molecular flexibility index (Phi) is 5.26. The smallest absolute Gasteiger partial charge is 0.315 e. The van der Waals surface area contributed by atoms with Gasteiger partial charge in [0.05, 0.1) is 0 Å². The first-order valence-electron chi connectivity index (χ1n) is 7.99. The van der Waals surface area contributed by atoms with Crippen molar-refractivity contribution in [2.24, 2.45) is 5.73 Å². The van der Waals surface area contributed by atoms with E-state index in [0.717, 1.165) is 38.8 Å². The van der Waals surface area contributed by atoms with Crippen molar-refractivity contribution in [3.8, 4) is 0 Å². The average molecular weight is 281 g/mol. The molecule has 0 bridgehead atoms. The molecule has 0 atom stereocenters. The molecular formula is C15H27N3O2. The molecule has 2 rings (SSSR count). The second-order valence-corrected chi connectivity index (χ2v) is 6.00. The molecule has 114 valence electrons. The first kappa shape index (κ1) is 15.1. The van der Waals surface area contributed by atoms with Gasteiger partial charge in [-0.15, -0.1) is 0 Å². The number of carbonyl (C=O) groups is 2. The maximum absolute atomic E-state index is 11.8. The van der Waals surface area contributed by atoms with Crippen molar-refractivity contribution in [3.05, 3.63) is 0 Å². The van der Waals surface area contributed by atoms with Crippen LogP contribution in [0, 0.1) is 0 Å². The molecule has 1 saturated heterocycles. The largest absolute Gasteiger partial charge is 0.351 e. The molecule has 3 amide bonds. The monoisotopic (exact) mass is 281 g/mol. The summed E-state index contributed by atoms with van der Waals surface area (Å²) in [4.78, 5) is 27.4. The van der Waals surface area contributed by atoms with Crippen molar-refractivity contribution in [2.45, 2.75) is 70.4 Å². The van der Waals surface area contributed by atoms with Gasteiger partial charge in [0.1, 0.15) is 0 Å². The van der Waals surface area contributed by atoms with Crippen LogP contribution < -0.4 is 5.73 Å². The lowest BCUT2D eigenvalue weighted by molar-refractivity contribution is -0.132. The zero-order chi connectivity index (χ0) is 14.5. The lowest BCUT2D eigenvalue weighted by Gasteiger charge is -2.42. The standard InChI is InChI=1S/C15H27N3O2/c1-2-14(19)17-10-8-13(9-11-17)18(15(16)20)12-6-4-3-5-7-12/h12-13H,2-11H2,1H3,(H2,16,20). The van der Waals surface area contributed by atoms with Crippen LogP contribution in [0.15, 0.2) is 0 Å². The number of hydrogen-bond acceptors (Lipinski definition) is 2. The number of hydrogen-bond donors (Lipinski definition) is 1. The summed E-state index contributed by atoms with van der Waals surface area (Å²) in [5.74, 6) is 0.215. The number of rotatable bonds is 3. The Morgan fingerprint density at radius 2 is 1.60 bits per heavy atom. The molecule has 0 unspecified atom stereocenters. The van der Waals surface area contributed by atoms with E-state index in [-0.39, 0.29) is 18.0 Å². The van der Waals surface area contributed by atoms with E-state index in [1.165, 1.54) is 19.3 Å². The van der Waals surface area contributed by atoms with Gasteiger partial charge in [-0.2, -0.15) is 0 Å². The summed E-state index contributed by atoms with van der Waals surface area (Å²) in [6, 6.07) is 0.258. The molecule has 5 nitrogen and oxygen atoms in total. The van der Waals surface area contributed by atoms with Crippen molar-refractivity contribution in [2.75, 3.05) is 13.1 Å². The normalized spacial score (nSPS) is 21.8. The van der Waals surface area contributed by atoms with Gasteiger partial charge in [0.15, 0.2) is 0 Å². The fraction of sp³-hybridized carbons (Fsp3) is 0.867. The number of amides is 3. The van der Waals surface area contributed by atoms with Gasteiger partial charge < -0.3 is 15.5 Å². The molecule has 1 saturated carbocycles. The third-order valence-electron chi connectivity index (χ3n) is 4.74. The highest BCUT2D eigenvalue weighted by atomic mass is 16.2. The molecule has 0 aromatic rings. The maximum Gasteiger partial charge on any atom is 0.315 e. The van der Waals surface area contributed by atoms with Crippen LogP contribution in [0.4, 0.5) is 4.79 Å². The van der Waals surface area contributed by atoms with Gasteiger partial charge in [0.25, 0.3) is 0 Å². The van der Waals surface area contributed by atoms with E-state index in [1.54, 1.807) is 0 Å². The minimum atomic E-state index is -0.280. The predicted octanol–water partition coefficient (Wildman–Crippen LogP) is 2.10. The van der Waals surface area contributed by atoms with E-state index in [1.807, 2.05) is 16.7 Å². The van der Waals surface area contributed by atoms with Gasteiger partial charge in [-0.1, -0.05) is 26.2 Å². The molecule has 1 heterocycles. The van der Waals surface area contributed by atoms with Crippen molar-refractivity contribution in [1.82, 2.24) is 9.80 Å². The van der Waals surface area contributed by atoms with Crippen LogP contribution in [0.3, 0.4) is 0 Å². The number of piperidine rings is 1. The molecule has 2 aliphatic rings. The molecular weight excluding hydrogens is 254 g/mol. The van der Waals surface area contributed by atoms with E-state index < -0.39 is 0 Å². The summed E-state index contributed by atoms with van der Waals surface area (Å²) < 4.78 is 0. The Bertz CT molecular complexity index is 345. The fourth-order valence-electron chi connectivity index (χ4n) is 3.63. The van der Waals surface area contributed by atoms with Crippen LogP contribution in [0.1, 0.15) is 58.3 Å². The Labute approximate surface area is 121 Å². The van der Waals surface area contributed by atoms with Crippen molar-refractivity contribution < 1.29 is 9.59 Å². The minimum Gasteiger partial charge on any atom is -0.351 e. The summed E-state index contributed by atoms with van der Waals surface area (Å²) in [5.41, 5.74) is 5.63. The second-order valence-electron chi connectivity index (χ2n) is 6.00. The number of urea groups is 1. The van der Waals surface area contributed by atoms with E-state index >= 15 is 0 Å². The molecule has 0 radical (unpaired) electrons. The number of carbonyl (C=O) groups excluding carboxylic acids is 2. The van der Waals surface area contributed by atoms with E-state index in [0.29, 0.717) is 12.5 Å². The molecule has 2 fully saturated rings.